The number of carboxylic acids is 1. The molecule has 1 saturated carbocycles. The van der Waals surface area contributed by atoms with Gasteiger partial charge in [0.05, 0.1) is 11.2 Å². The number of carboxylic acid groups (broad SMARTS) is 1. The van der Waals surface area contributed by atoms with E-state index in [1.165, 1.54) is 0 Å². The monoisotopic (exact) mass is 277 g/mol. The normalized spacial score (nSPS) is 26.5. The lowest BCUT2D eigenvalue weighted by Gasteiger charge is -2.28. The third-order valence-electron chi connectivity index (χ3n) is 3.57. The molecule has 1 aliphatic carbocycles. The van der Waals surface area contributed by atoms with Crippen LogP contribution in [-0.4, -0.2) is 35.9 Å². The van der Waals surface area contributed by atoms with Crippen molar-refractivity contribution in [1.82, 2.24) is 0 Å². The van der Waals surface area contributed by atoms with Crippen molar-refractivity contribution < 1.29 is 23.1 Å². The third-order valence-corrected chi connectivity index (χ3v) is 6.33. The Bertz CT molecular complexity index is 423. The van der Waals surface area contributed by atoms with E-state index in [9.17, 15) is 18.0 Å². The molecule has 0 aromatic heterocycles. The highest BCUT2D eigenvalue weighted by atomic mass is 32.2. The average molecular weight is 277 g/mol. The fraction of sp³-hybridized carbons (Fsp3) is 0.818. The molecule has 1 rings (SSSR count). The Morgan fingerprint density at radius 2 is 1.78 bits per heavy atom. The standard InChI is InChI=1S/C11H19NO5S/c1-2-9(10(12)13)18(16,17)8-5-3-7(4-6-8)11(14)15/h7-9H,2-6H2,1H3,(H2,12,13)(H,14,15). The predicted octanol–water partition coefficient (Wildman–Crippen LogP) is 0.309. The van der Waals surface area contributed by atoms with E-state index in [1.807, 2.05) is 0 Å². The molecular formula is C11H19NO5S. The maximum atomic E-state index is 12.2. The zero-order valence-corrected chi connectivity index (χ0v) is 11.1. The van der Waals surface area contributed by atoms with Gasteiger partial charge in [-0.2, -0.15) is 0 Å². The number of rotatable bonds is 5. The lowest BCUT2D eigenvalue weighted by molar-refractivity contribution is -0.142. The summed E-state index contributed by atoms with van der Waals surface area (Å²) in [5, 5.41) is 7.06. The Morgan fingerprint density at radius 1 is 1.28 bits per heavy atom. The summed E-state index contributed by atoms with van der Waals surface area (Å²) in [6, 6.07) is 0. The van der Waals surface area contributed by atoms with E-state index >= 15 is 0 Å². The summed E-state index contributed by atoms with van der Waals surface area (Å²) in [7, 11) is -3.59. The fourth-order valence-corrected chi connectivity index (χ4v) is 4.65. The Kier molecular flexibility index (Phi) is 4.72. The fourth-order valence-electron chi connectivity index (χ4n) is 2.47. The number of carbonyl (C=O) groups excluding carboxylic acids is 1. The number of nitrogens with two attached hydrogens (primary N) is 1. The van der Waals surface area contributed by atoms with Crippen LogP contribution in [-0.2, 0) is 19.4 Å². The molecule has 1 fully saturated rings. The Labute approximate surface area is 106 Å². The van der Waals surface area contributed by atoms with Crippen molar-refractivity contribution in [3.8, 4) is 0 Å². The second-order valence-electron chi connectivity index (χ2n) is 4.70. The van der Waals surface area contributed by atoms with E-state index in [0.29, 0.717) is 25.7 Å². The van der Waals surface area contributed by atoms with Crippen molar-refractivity contribution in [2.24, 2.45) is 11.7 Å². The van der Waals surface area contributed by atoms with Crippen molar-refractivity contribution in [3.63, 3.8) is 0 Å². The van der Waals surface area contributed by atoms with Gasteiger partial charge in [-0.25, -0.2) is 8.42 Å². The van der Waals surface area contributed by atoms with Gasteiger partial charge in [-0.05, 0) is 32.1 Å². The topological polar surface area (TPSA) is 115 Å². The van der Waals surface area contributed by atoms with Crippen molar-refractivity contribution in [3.05, 3.63) is 0 Å². The largest absolute Gasteiger partial charge is 0.481 e. The number of amides is 1. The maximum Gasteiger partial charge on any atom is 0.306 e. The molecule has 1 unspecified atom stereocenters. The van der Waals surface area contributed by atoms with Crippen LogP contribution < -0.4 is 5.73 Å². The number of primary amides is 1. The highest BCUT2D eigenvalue weighted by Gasteiger charge is 2.39. The predicted molar refractivity (Wildman–Crippen MR) is 65.6 cm³/mol. The number of hydrogen-bond acceptors (Lipinski definition) is 4. The zero-order valence-electron chi connectivity index (χ0n) is 10.3. The molecule has 0 aromatic carbocycles. The van der Waals surface area contributed by atoms with Gasteiger partial charge >= 0.3 is 5.97 Å². The number of sulfone groups is 1. The summed E-state index contributed by atoms with van der Waals surface area (Å²) in [4.78, 5) is 21.9. The molecule has 7 heteroatoms. The van der Waals surface area contributed by atoms with E-state index in [4.69, 9.17) is 10.8 Å². The lowest BCUT2D eigenvalue weighted by Crippen LogP contribution is -2.42. The Morgan fingerprint density at radius 3 is 2.11 bits per heavy atom. The second kappa shape index (κ2) is 5.69. The minimum Gasteiger partial charge on any atom is -0.481 e. The summed E-state index contributed by atoms with van der Waals surface area (Å²) >= 11 is 0. The third kappa shape index (κ3) is 3.01. The van der Waals surface area contributed by atoms with Crippen LogP contribution in [0.2, 0.25) is 0 Å². The van der Waals surface area contributed by atoms with Gasteiger partial charge in [-0.1, -0.05) is 6.92 Å². The van der Waals surface area contributed by atoms with Crippen LogP contribution in [0.4, 0.5) is 0 Å². The van der Waals surface area contributed by atoms with E-state index < -0.39 is 38.1 Å². The molecule has 0 heterocycles. The smallest absolute Gasteiger partial charge is 0.306 e. The van der Waals surface area contributed by atoms with Crippen molar-refractivity contribution in [2.75, 3.05) is 0 Å². The lowest BCUT2D eigenvalue weighted by atomic mass is 9.89. The molecule has 1 aliphatic rings. The molecule has 104 valence electrons. The minimum absolute atomic E-state index is 0.163. The van der Waals surface area contributed by atoms with Crippen LogP contribution in [0.5, 0.6) is 0 Å². The second-order valence-corrected chi connectivity index (χ2v) is 7.11. The van der Waals surface area contributed by atoms with Crippen LogP contribution in [0, 0.1) is 5.92 Å². The Hall–Kier alpha value is -1.11. The molecular weight excluding hydrogens is 258 g/mol. The Balaban J connectivity index is 2.77. The van der Waals surface area contributed by atoms with Gasteiger partial charge in [0.15, 0.2) is 9.84 Å². The summed E-state index contributed by atoms with van der Waals surface area (Å²) in [5.41, 5.74) is 5.10. The van der Waals surface area contributed by atoms with E-state index in [1.54, 1.807) is 6.92 Å². The molecule has 0 spiro atoms. The minimum atomic E-state index is -3.59. The van der Waals surface area contributed by atoms with Crippen LogP contribution in [0.25, 0.3) is 0 Å². The molecule has 0 bridgehead atoms. The molecule has 18 heavy (non-hydrogen) atoms. The van der Waals surface area contributed by atoms with Gasteiger partial charge in [0.2, 0.25) is 5.91 Å². The SMILES string of the molecule is CCC(C(N)=O)S(=O)(=O)C1CCC(C(=O)O)CC1. The van der Waals surface area contributed by atoms with Crippen LogP contribution in [0.1, 0.15) is 39.0 Å². The zero-order chi connectivity index (χ0) is 13.9. The quantitative estimate of drug-likeness (QED) is 0.750. The average Bonchev–Trinajstić information content (AvgIpc) is 2.29. The van der Waals surface area contributed by atoms with Crippen LogP contribution in [0.15, 0.2) is 0 Å². The first kappa shape index (κ1) is 14.9. The molecule has 3 N–H and O–H groups in total. The first-order chi connectivity index (χ1) is 8.30. The summed E-state index contributed by atoms with van der Waals surface area (Å²) in [6.07, 6.45) is 1.44. The molecule has 1 amide bonds. The number of carbonyl (C=O) groups is 2. The summed E-state index contributed by atoms with van der Waals surface area (Å²) in [6.45, 7) is 1.61. The van der Waals surface area contributed by atoms with Crippen molar-refractivity contribution >= 4 is 21.7 Å². The van der Waals surface area contributed by atoms with Gasteiger partial charge < -0.3 is 10.8 Å². The van der Waals surface area contributed by atoms with E-state index in [-0.39, 0.29) is 6.42 Å². The molecule has 0 radical (unpaired) electrons. The van der Waals surface area contributed by atoms with Crippen LogP contribution >= 0.6 is 0 Å². The molecule has 0 aromatic rings. The highest BCUT2D eigenvalue weighted by molar-refractivity contribution is 7.93. The summed E-state index contributed by atoms with van der Waals surface area (Å²) < 4.78 is 24.4. The van der Waals surface area contributed by atoms with Crippen molar-refractivity contribution in [2.45, 2.75) is 49.5 Å². The van der Waals surface area contributed by atoms with Gasteiger partial charge in [0.25, 0.3) is 0 Å². The number of hydrogen-bond donors (Lipinski definition) is 2. The van der Waals surface area contributed by atoms with Gasteiger partial charge in [0.1, 0.15) is 5.25 Å². The molecule has 1 atom stereocenters. The highest BCUT2D eigenvalue weighted by Crippen LogP contribution is 2.31. The number of aliphatic carboxylic acids is 1. The molecule has 0 saturated heterocycles. The van der Waals surface area contributed by atoms with Crippen LogP contribution in [0.3, 0.4) is 0 Å². The van der Waals surface area contributed by atoms with Gasteiger partial charge in [0, 0.05) is 0 Å². The summed E-state index contributed by atoms with van der Waals surface area (Å²) in [5.74, 6) is -2.17. The first-order valence-electron chi connectivity index (χ1n) is 6.05. The van der Waals surface area contributed by atoms with E-state index in [2.05, 4.69) is 0 Å². The molecule has 0 aliphatic heterocycles. The van der Waals surface area contributed by atoms with E-state index in [0.717, 1.165) is 0 Å². The van der Waals surface area contributed by atoms with Crippen molar-refractivity contribution in [1.29, 1.82) is 0 Å². The van der Waals surface area contributed by atoms with Gasteiger partial charge in [-0.3, -0.25) is 9.59 Å². The maximum absolute atomic E-state index is 12.2. The molecule has 6 nitrogen and oxygen atoms in total. The first-order valence-corrected chi connectivity index (χ1v) is 7.66. The van der Waals surface area contributed by atoms with Gasteiger partial charge in [-0.15, -0.1) is 0 Å².